The molecule has 1 aromatic heterocycles. The second kappa shape index (κ2) is 5.41. The largest absolute Gasteiger partial charge is 0.323 e. The molecule has 4 heteroatoms. The highest BCUT2D eigenvalue weighted by Gasteiger charge is 2.17. The SMILES string of the molecule is CCCCC(N)c1snnc1C(C)C. The summed E-state index contributed by atoms with van der Waals surface area (Å²) in [6.45, 7) is 6.44. The van der Waals surface area contributed by atoms with Crippen molar-refractivity contribution in [3.05, 3.63) is 10.6 Å². The van der Waals surface area contributed by atoms with Gasteiger partial charge in [-0.3, -0.25) is 0 Å². The van der Waals surface area contributed by atoms with Gasteiger partial charge in [0.15, 0.2) is 0 Å². The van der Waals surface area contributed by atoms with Gasteiger partial charge in [-0.15, -0.1) is 5.10 Å². The van der Waals surface area contributed by atoms with Crippen LogP contribution in [0.3, 0.4) is 0 Å². The Kier molecular flexibility index (Phi) is 4.48. The zero-order valence-electron chi connectivity index (χ0n) is 9.16. The van der Waals surface area contributed by atoms with Crippen LogP contribution in [-0.2, 0) is 0 Å². The normalized spacial score (nSPS) is 13.5. The fraction of sp³-hybridized carbons (Fsp3) is 0.800. The summed E-state index contributed by atoms with van der Waals surface area (Å²) in [7, 11) is 0. The van der Waals surface area contributed by atoms with Crippen LogP contribution in [0.25, 0.3) is 0 Å². The summed E-state index contributed by atoms with van der Waals surface area (Å²) < 4.78 is 3.98. The van der Waals surface area contributed by atoms with Gasteiger partial charge in [0.25, 0.3) is 0 Å². The molecular weight excluding hydrogens is 194 g/mol. The lowest BCUT2D eigenvalue weighted by atomic mass is 10.0. The number of nitrogens with two attached hydrogens (primary N) is 1. The van der Waals surface area contributed by atoms with Gasteiger partial charge in [-0.1, -0.05) is 38.1 Å². The molecule has 0 bridgehead atoms. The molecule has 0 saturated heterocycles. The molecule has 1 unspecified atom stereocenters. The number of aromatic nitrogens is 2. The zero-order valence-corrected chi connectivity index (χ0v) is 9.97. The van der Waals surface area contributed by atoms with E-state index in [1.54, 1.807) is 0 Å². The Hall–Kier alpha value is -0.480. The molecule has 0 aliphatic heterocycles. The third-order valence-corrected chi connectivity index (χ3v) is 3.16. The highest BCUT2D eigenvalue weighted by Crippen LogP contribution is 2.27. The van der Waals surface area contributed by atoms with Crippen molar-refractivity contribution in [2.45, 2.75) is 52.0 Å². The van der Waals surface area contributed by atoms with Crippen molar-refractivity contribution >= 4 is 11.5 Å². The molecule has 14 heavy (non-hydrogen) atoms. The van der Waals surface area contributed by atoms with Crippen LogP contribution in [0.4, 0.5) is 0 Å². The van der Waals surface area contributed by atoms with E-state index in [1.807, 2.05) is 0 Å². The topological polar surface area (TPSA) is 51.8 Å². The van der Waals surface area contributed by atoms with Crippen molar-refractivity contribution in [3.8, 4) is 0 Å². The first-order chi connectivity index (χ1) is 6.66. The molecule has 1 rings (SSSR count). The van der Waals surface area contributed by atoms with E-state index in [4.69, 9.17) is 5.73 Å². The number of hydrogen-bond acceptors (Lipinski definition) is 4. The average molecular weight is 213 g/mol. The van der Waals surface area contributed by atoms with E-state index in [9.17, 15) is 0 Å². The minimum Gasteiger partial charge on any atom is -0.323 e. The van der Waals surface area contributed by atoms with Gasteiger partial charge in [-0.25, -0.2) is 0 Å². The van der Waals surface area contributed by atoms with Crippen molar-refractivity contribution in [3.63, 3.8) is 0 Å². The van der Waals surface area contributed by atoms with Crippen molar-refractivity contribution < 1.29 is 0 Å². The fourth-order valence-corrected chi connectivity index (χ4v) is 2.26. The predicted octanol–water partition coefficient (Wildman–Crippen LogP) is 2.85. The maximum atomic E-state index is 6.09. The van der Waals surface area contributed by atoms with Gasteiger partial charge in [-0.05, 0) is 23.9 Å². The molecule has 0 radical (unpaired) electrons. The van der Waals surface area contributed by atoms with Crippen molar-refractivity contribution in [1.29, 1.82) is 0 Å². The van der Waals surface area contributed by atoms with E-state index in [0.29, 0.717) is 5.92 Å². The van der Waals surface area contributed by atoms with Gasteiger partial charge >= 0.3 is 0 Å². The van der Waals surface area contributed by atoms with Crippen LogP contribution < -0.4 is 5.73 Å². The summed E-state index contributed by atoms with van der Waals surface area (Å²) in [4.78, 5) is 1.17. The highest BCUT2D eigenvalue weighted by atomic mass is 32.1. The van der Waals surface area contributed by atoms with Gasteiger partial charge in [0.05, 0.1) is 10.6 Å². The molecule has 0 aliphatic carbocycles. The monoisotopic (exact) mass is 213 g/mol. The Morgan fingerprint density at radius 1 is 1.43 bits per heavy atom. The first kappa shape index (κ1) is 11.6. The summed E-state index contributed by atoms with van der Waals surface area (Å²) >= 11 is 1.45. The highest BCUT2D eigenvalue weighted by molar-refractivity contribution is 7.05. The van der Waals surface area contributed by atoms with E-state index >= 15 is 0 Å². The van der Waals surface area contributed by atoms with Gasteiger partial charge < -0.3 is 5.73 Å². The molecule has 0 aliphatic rings. The standard InChI is InChI=1S/C10H19N3S/c1-4-5-6-8(11)10-9(7(2)3)12-13-14-10/h7-8H,4-6,11H2,1-3H3. The second-order valence-corrected chi connectivity index (χ2v) is 4.71. The van der Waals surface area contributed by atoms with Gasteiger partial charge in [0.1, 0.15) is 0 Å². The van der Waals surface area contributed by atoms with Crippen LogP contribution in [0.5, 0.6) is 0 Å². The Balaban J connectivity index is 2.68. The zero-order chi connectivity index (χ0) is 10.6. The van der Waals surface area contributed by atoms with Crippen LogP contribution >= 0.6 is 11.5 Å². The maximum Gasteiger partial charge on any atom is 0.0828 e. The number of nitrogens with zero attached hydrogens (tertiary/aromatic N) is 2. The summed E-state index contributed by atoms with van der Waals surface area (Å²) in [5, 5.41) is 4.13. The molecule has 0 spiro atoms. The first-order valence-corrected chi connectivity index (χ1v) is 6.01. The summed E-state index contributed by atoms with van der Waals surface area (Å²) in [6.07, 6.45) is 3.41. The van der Waals surface area contributed by atoms with Gasteiger partial charge in [0.2, 0.25) is 0 Å². The van der Waals surface area contributed by atoms with Crippen LogP contribution in [0.15, 0.2) is 0 Å². The molecule has 1 aromatic rings. The molecule has 3 nitrogen and oxygen atoms in total. The lowest BCUT2D eigenvalue weighted by Crippen LogP contribution is -2.11. The molecule has 0 aromatic carbocycles. The Bertz CT molecular complexity index is 270. The molecule has 80 valence electrons. The summed E-state index contributed by atoms with van der Waals surface area (Å²) in [6, 6.07) is 0.132. The first-order valence-electron chi connectivity index (χ1n) is 5.24. The third kappa shape index (κ3) is 2.75. The Morgan fingerprint density at radius 3 is 2.71 bits per heavy atom. The summed E-state index contributed by atoms with van der Waals surface area (Å²) in [5.41, 5.74) is 7.18. The average Bonchev–Trinajstić information content (AvgIpc) is 2.62. The van der Waals surface area contributed by atoms with Crippen LogP contribution in [0.1, 0.15) is 62.6 Å². The fourth-order valence-electron chi connectivity index (χ4n) is 1.42. The predicted molar refractivity (Wildman–Crippen MR) is 60.5 cm³/mol. The smallest absolute Gasteiger partial charge is 0.0828 e. The van der Waals surface area contributed by atoms with Crippen molar-refractivity contribution in [2.24, 2.45) is 5.73 Å². The van der Waals surface area contributed by atoms with Gasteiger partial charge in [-0.2, -0.15) is 0 Å². The maximum absolute atomic E-state index is 6.09. The van der Waals surface area contributed by atoms with Crippen molar-refractivity contribution in [1.82, 2.24) is 9.59 Å². The number of rotatable bonds is 5. The van der Waals surface area contributed by atoms with Crippen LogP contribution in [0, 0.1) is 0 Å². The minimum atomic E-state index is 0.132. The van der Waals surface area contributed by atoms with Crippen LogP contribution in [0.2, 0.25) is 0 Å². The Morgan fingerprint density at radius 2 is 2.14 bits per heavy atom. The molecule has 2 N–H and O–H groups in total. The van der Waals surface area contributed by atoms with Crippen molar-refractivity contribution in [2.75, 3.05) is 0 Å². The molecule has 1 heterocycles. The van der Waals surface area contributed by atoms with E-state index in [0.717, 1.165) is 12.1 Å². The second-order valence-electron chi connectivity index (χ2n) is 3.93. The van der Waals surface area contributed by atoms with Gasteiger partial charge in [0, 0.05) is 6.04 Å². The molecular formula is C10H19N3S. The van der Waals surface area contributed by atoms with Crippen LogP contribution in [-0.4, -0.2) is 9.59 Å². The lowest BCUT2D eigenvalue weighted by Gasteiger charge is -2.11. The minimum absolute atomic E-state index is 0.132. The third-order valence-electron chi connectivity index (χ3n) is 2.29. The number of hydrogen-bond donors (Lipinski definition) is 1. The molecule has 1 atom stereocenters. The molecule has 0 saturated carbocycles. The lowest BCUT2D eigenvalue weighted by molar-refractivity contribution is 0.601. The van der Waals surface area contributed by atoms with E-state index < -0.39 is 0 Å². The number of unbranched alkanes of at least 4 members (excludes halogenated alkanes) is 1. The van der Waals surface area contributed by atoms with E-state index in [2.05, 4.69) is 30.4 Å². The molecule has 0 amide bonds. The quantitative estimate of drug-likeness (QED) is 0.818. The summed E-state index contributed by atoms with van der Waals surface area (Å²) in [5.74, 6) is 0.427. The molecule has 0 fully saturated rings. The van der Waals surface area contributed by atoms with E-state index in [-0.39, 0.29) is 6.04 Å². The van der Waals surface area contributed by atoms with E-state index in [1.165, 1.54) is 29.3 Å². The Labute approximate surface area is 89.9 Å².